The van der Waals surface area contributed by atoms with E-state index in [0.717, 1.165) is 34.0 Å². The van der Waals surface area contributed by atoms with Gasteiger partial charge in [-0.2, -0.15) is 0 Å². The number of nitrogens with zero attached hydrogens (tertiary/aromatic N) is 1. The molecule has 0 radical (unpaired) electrons. The molecule has 1 N–H and O–H groups in total. The van der Waals surface area contributed by atoms with Crippen LogP contribution in [-0.4, -0.2) is 37.3 Å². The molecule has 1 fully saturated rings. The maximum Gasteiger partial charge on any atom is 0.239 e. The summed E-state index contributed by atoms with van der Waals surface area (Å²) in [5, 5.41) is 4.24. The fourth-order valence-electron chi connectivity index (χ4n) is 4.07. The highest BCUT2D eigenvalue weighted by Crippen LogP contribution is 2.35. The standard InChI is InChI=1S/C23H25BrN2O3/c1-28-20-5-6-21-17(13-20)7-10-26(21)15-22(27)25-16-23(8-11-29-12-9-23)18-3-2-4-19(24)14-18/h2-7,10,13-14H,8-9,11-12,15-16H2,1H3,(H,25,27). The zero-order chi connectivity index (χ0) is 20.3. The number of fused-ring (bicyclic) bond motifs is 1. The molecule has 29 heavy (non-hydrogen) atoms. The van der Waals surface area contributed by atoms with Gasteiger partial charge in [0.2, 0.25) is 5.91 Å². The van der Waals surface area contributed by atoms with Gasteiger partial charge in [-0.1, -0.05) is 28.1 Å². The second-order valence-electron chi connectivity index (χ2n) is 7.55. The molecule has 0 spiro atoms. The van der Waals surface area contributed by atoms with Crippen molar-refractivity contribution < 1.29 is 14.3 Å². The van der Waals surface area contributed by atoms with Gasteiger partial charge >= 0.3 is 0 Å². The predicted octanol–water partition coefficient (Wildman–Crippen LogP) is 4.28. The van der Waals surface area contributed by atoms with E-state index in [-0.39, 0.29) is 11.3 Å². The first-order chi connectivity index (χ1) is 14.1. The van der Waals surface area contributed by atoms with Crippen molar-refractivity contribution in [2.75, 3.05) is 26.9 Å². The molecule has 1 aromatic heterocycles. The van der Waals surface area contributed by atoms with Gasteiger partial charge in [-0.25, -0.2) is 0 Å². The van der Waals surface area contributed by atoms with Crippen molar-refractivity contribution in [1.29, 1.82) is 0 Å². The summed E-state index contributed by atoms with van der Waals surface area (Å²) in [6.45, 7) is 2.33. The maximum atomic E-state index is 12.8. The van der Waals surface area contributed by atoms with Gasteiger partial charge in [-0.15, -0.1) is 0 Å². The van der Waals surface area contributed by atoms with E-state index in [4.69, 9.17) is 9.47 Å². The smallest absolute Gasteiger partial charge is 0.239 e. The summed E-state index contributed by atoms with van der Waals surface area (Å²) in [6.07, 6.45) is 3.74. The van der Waals surface area contributed by atoms with E-state index < -0.39 is 0 Å². The van der Waals surface area contributed by atoms with Crippen LogP contribution < -0.4 is 10.1 Å². The molecule has 0 bridgehead atoms. The highest BCUT2D eigenvalue weighted by atomic mass is 79.9. The summed E-state index contributed by atoms with van der Waals surface area (Å²) in [5.41, 5.74) is 2.17. The van der Waals surface area contributed by atoms with Crippen LogP contribution in [0.2, 0.25) is 0 Å². The topological polar surface area (TPSA) is 52.5 Å². The Morgan fingerprint density at radius 3 is 2.79 bits per heavy atom. The van der Waals surface area contributed by atoms with E-state index in [1.165, 1.54) is 5.56 Å². The molecule has 0 unspecified atom stereocenters. The van der Waals surface area contributed by atoms with Gasteiger partial charge in [0, 0.05) is 46.7 Å². The molecule has 152 valence electrons. The van der Waals surface area contributed by atoms with Crippen LogP contribution in [0, 0.1) is 0 Å². The van der Waals surface area contributed by atoms with Gasteiger partial charge < -0.3 is 19.4 Å². The van der Waals surface area contributed by atoms with E-state index in [0.29, 0.717) is 26.3 Å². The van der Waals surface area contributed by atoms with E-state index in [1.54, 1.807) is 7.11 Å². The fourth-order valence-corrected chi connectivity index (χ4v) is 4.47. The number of halogens is 1. The molecule has 4 rings (SSSR count). The first-order valence-corrected chi connectivity index (χ1v) is 10.6. The number of nitrogens with one attached hydrogen (secondary N) is 1. The summed E-state index contributed by atoms with van der Waals surface area (Å²) < 4.78 is 13.9. The van der Waals surface area contributed by atoms with Crippen LogP contribution in [-0.2, 0) is 21.5 Å². The zero-order valence-electron chi connectivity index (χ0n) is 16.5. The Kier molecular flexibility index (Phi) is 5.92. The molecule has 0 saturated carbocycles. The minimum absolute atomic E-state index is 0.0131. The molecule has 1 aliphatic rings. The Hall–Kier alpha value is -2.31. The number of rotatable bonds is 6. The minimum Gasteiger partial charge on any atom is -0.497 e. The molecule has 2 aromatic carbocycles. The van der Waals surface area contributed by atoms with Crippen molar-refractivity contribution in [1.82, 2.24) is 9.88 Å². The Bertz CT molecular complexity index is 1010. The summed E-state index contributed by atoms with van der Waals surface area (Å²) >= 11 is 3.58. The Morgan fingerprint density at radius 1 is 1.21 bits per heavy atom. The van der Waals surface area contributed by atoms with Gasteiger partial charge in [0.25, 0.3) is 0 Å². The van der Waals surface area contributed by atoms with Crippen molar-refractivity contribution in [3.05, 3.63) is 64.8 Å². The van der Waals surface area contributed by atoms with Crippen LogP contribution in [0.3, 0.4) is 0 Å². The van der Waals surface area contributed by atoms with Gasteiger partial charge in [0.15, 0.2) is 0 Å². The number of benzene rings is 2. The van der Waals surface area contributed by atoms with Crippen molar-refractivity contribution in [2.45, 2.75) is 24.8 Å². The van der Waals surface area contributed by atoms with Gasteiger partial charge in [0.1, 0.15) is 12.3 Å². The van der Waals surface area contributed by atoms with Crippen molar-refractivity contribution >= 4 is 32.7 Å². The van der Waals surface area contributed by atoms with E-state index in [1.807, 2.05) is 41.1 Å². The molecule has 1 amide bonds. The fraction of sp³-hybridized carbons (Fsp3) is 0.348. The summed E-state index contributed by atoms with van der Waals surface area (Å²) in [6, 6.07) is 16.3. The number of carbonyl (C=O) groups excluding carboxylic acids is 1. The van der Waals surface area contributed by atoms with Gasteiger partial charge in [-0.3, -0.25) is 4.79 Å². The average Bonchev–Trinajstić information content (AvgIpc) is 3.14. The zero-order valence-corrected chi connectivity index (χ0v) is 18.1. The van der Waals surface area contributed by atoms with Gasteiger partial charge in [-0.05, 0) is 54.8 Å². The van der Waals surface area contributed by atoms with Crippen LogP contribution in [0.15, 0.2) is 59.2 Å². The molecular formula is C23H25BrN2O3. The average molecular weight is 457 g/mol. The Morgan fingerprint density at radius 2 is 2.03 bits per heavy atom. The molecule has 5 nitrogen and oxygen atoms in total. The van der Waals surface area contributed by atoms with Crippen LogP contribution in [0.5, 0.6) is 5.75 Å². The summed E-state index contributed by atoms with van der Waals surface area (Å²) in [7, 11) is 1.66. The molecular weight excluding hydrogens is 432 g/mol. The lowest BCUT2D eigenvalue weighted by molar-refractivity contribution is -0.122. The summed E-state index contributed by atoms with van der Waals surface area (Å²) in [4.78, 5) is 12.8. The van der Waals surface area contributed by atoms with Gasteiger partial charge in [0.05, 0.1) is 7.11 Å². The number of carbonyl (C=O) groups is 1. The number of hydrogen-bond acceptors (Lipinski definition) is 3. The highest BCUT2D eigenvalue weighted by molar-refractivity contribution is 9.10. The third-order valence-electron chi connectivity index (χ3n) is 5.80. The molecule has 0 atom stereocenters. The van der Waals surface area contributed by atoms with Crippen molar-refractivity contribution in [3.63, 3.8) is 0 Å². The van der Waals surface area contributed by atoms with Crippen LogP contribution in [0.25, 0.3) is 10.9 Å². The third-order valence-corrected chi connectivity index (χ3v) is 6.30. The lowest BCUT2D eigenvalue weighted by Crippen LogP contribution is -2.45. The molecule has 3 aromatic rings. The molecule has 2 heterocycles. The van der Waals surface area contributed by atoms with Crippen LogP contribution >= 0.6 is 15.9 Å². The molecule has 6 heteroatoms. The molecule has 1 saturated heterocycles. The third kappa shape index (κ3) is 4.33. The molecule has 0 aliphatic carbocycles. The largest absolute Gasteiger partial charge is 0.497 e. The number of methoxy groups -OCH3 is 1. The Labute approximate surface area is 179 Å². The van der Waals surface area contributed by atoms with E-state index >= 15 is 0 Å². The van der Waals surface area contributed by atoms with Crippen molar-refractivity contribution in [2.24, 2.45) is 0 Å². The van der Waals surface area contributed by atoms with Crippen molar-refractivity contribution in [3.8, 4) is 5.75 Å². The number of aromatic nitrogens is 1. The normalized spacial score (nSPS) is 15.9. The highest BCUT2D eigenvalue weighted by Gasteiger charge is 2.35. The van der Waals surface area contributed by atoms with E-state index in [9.17, 15) is 4.79 Å². The van der Waals surface area contributed by atoms with E-state index in [2.05, 4.69) is 39.4 Å². The van der Waals surface area contributed by atoms with Crippen LogP contribution in [0.1, 0.15) is 18.4 Å². The minimum atomic E-state index is -0.0934. The number of ether oxygens (including phenoxy) is 2. The number of amides is 1. The lowest BCUT2D eigenvalue weighted by atomic mass is 9.74. The quantitative estimate of drug-likeness (QED) is 0.602. The molecule has 1 aliphatic heterocycles. The summed E-state index contributed by atoms with van der Waals surface area (Å²) in [5.74, 6) is 0.828. The monoisotopic (exact) mass is 456 g/mol. The van der Waals surface area contributed by atoms with Crippen LogP contribution in [0.4, 0.5) is 0 Å². The second kappa shape index (κ2) is 8.59. The first-order valence-electron chi connectivity index (χ1n) is 9.83. The first kappa shape index (κ1) is 20.0. The second-order valence-corrected chi connectivity index (χ2v) is 8.46. The SMILES string of the molecule is COc1ccc2c(ccn2CC(=O)NCC2(c3cccc(Br)c3)CCOCC2)c1. The maximum absolute atomic E-state index is 12.8. The predicted molar refractivity (Wildman–Crippen MR) is 117 cm³/mol. The Balaban J connectivity index is 1.47. The lowest BCUT2D eigenvalue weighted by Gasteiger charge is -2.38. The number of hydrogen-bond donors (Lipinski definition) is 1.